The fourth-order valence-corrected chi connectivity index (χ4v) is 7.04. The van der Waals surface area contributed by atoms with E-state index in [0.717, 1.165) is 29.6 Å². The van der Waals surface area contributed by atoms with E-state index in [9.17, 15) is 19.1 Å². The maximum absolute atomic E-state index is 13.5. The van der Waals surface area contributed by atoms with Crippen molar-refractivity contribution in [2.75, 3.05) is 0 Å². The van der Waals surface area contributed by atoms with Crippen molar-refractivity contribution < 1.29 is 19.1 Å². The van der Waals surface area contributed by atoms with Crippen LogP contribution in [0.4, 0.5) is 4.39 Å². The Hall–Kier alpha value is -2.07. The van der Waals surface area contributed by atoms with Crippen LogP contribution in [-0.4, -0.2) is 22.8 Å². The molecule has 0 aromatic heterocycles. The van der Waals surface area contributed by atoms with Crippen LogP contribution in [0.5, 0.6) is 0 Å². The van der Waals surface area contributed by atoms with Gasteiger partial charge in [0, 0.05) is 0 Å². The van der Waals surface area contributed by atoms with Crippen LogP contribution in [0.25, 0.3) is 5.57 Å². The average molecular weight is 394 g/mol. The van der Waals surface area contributed by atoms with Crippen molar-refractivity contribution in [1.29, 1.82) is 0 Å². The van der Waals surface area contributed by atoms with Crippen LogP contribution in [-0.2, 0) is 9.59 Å². The van der Waals surface area contributed by atoms with Gasteiger partial charge in [-0.2, -0.15) is 0 Å². The standard InChI is InChI=1S/C25H27FO3/c1-23(2)18-8-11-25-17(14-4-6-16(26)7-5-14)12-15(21(28)22(25)29)13-19(25)24(18,3)10-9-20(23)27/h4-7,12-13,15,18,20,27H,8-11H2,1-3H3/t15-,18+,20+,24+,25+/m1/s1. The van der Waals surface area contributed by atoms with E-state index in [-0.39, 0.29) is 40.2 Å². The zero-order valence-corrected chi connectivity index (χ0v) is 17.2. The van der Waals surface area contributed by atoms with Crippen LogP contribution in [0, 0.1) is 33.9 Å². The lowest BCUT2D eigenvalue weighted by molar-refractivity contribution is -0.147. The number of fused-ring (bicyclic) bond motifs is 2. The van der Waals surface area contributed by atoms with Gasteiger partial charge in [-0.25, -0.2) is 4.39 Å². The largest absolute Gasteiger partial charge is 0.393 e. The lowest BCUT2D eigenvalue weighted by atomic mass is 9.40. The molecule has 0 amide bonds. The van der Waals surface area contributed by atoms with E-state index in [1.165, 1.54) is 12.1 Å². The first-order chi connectivity index (χ1) is 13.6. The van der Waals surface area contributed by atoms with E-state index in [1.54, 1.807) is 12.1 Å². The predicted molar refractivity (Wildman–Crippen MR) is 108 cm³/mol. The molecule has 152 valence electrons. The minimum Gasteiger partial charge on any atom is -0.393 e. The lowest BCUT2D eigenvalue weighted by Crippen LogP contribution is -2.61. The molecular formula is C25H27FO3. The fraction of sp³-hybridized carbons (Fsp3) is 0.520. The second-order valence-electron chi connectivity index (χ2n) is 10.2. The van der Waals surface area contributed by atoms with Gasteiger partial charge in [0.1, 0.15) is 5.82 Å². The fourth-order valence-electron chi connectivity index (χ4n) is 7.04. The maximum Gasteiger partial charge on any atom is 0.213 e. The zero-order chi connectivity index (χ0) is 20.8. The average Bonchev–Trinajstić information content (AvgIpc) is 2.69. The maximum atomic E-state index is 13.5. The number of carbonyl (C=O) groups excluding carboxylic acids is 2. The molecule has 0 radical (unpaired) electrons. The highest BCUT2D eigenvalue weighted by atomic mass is 19.1. The SMILES string of the molecule is CC1(C)[C@@H](O)CC[C@]2(C)C3=C[C@H]4C=C(c5ccc(F)cc5)[C@]3(CC[C@@H]12)C(=O)C4=O. The summed E-state index contributed by atoms with van der Waals surface area (Å²) in [4.78, 5) is 26.3. The summed E-state index contributed by atoms with van der Waals surface area (Å²) in [6, 6.07) is 6.26. The molecule has 1 aromatic rings. The Morgan fingerprint density at radius 2 is 1.69 bits per heavy atom. The smallest absolute Gasteiger partial charge is 0.213 e. The number of hydrogen-bond donors (Lipinski definition) is 1. The predicted octanol–water partition coefficient (Wildman–Crippen LogP) is 4.50. The van der Waals surface area contributed by atoms with Crippen LogP contribution < -0.4 is 0 Å². The summed E-state index contributed by atoms with van der Waals surface area (Å²) in [5.74, 6) is -1.23. The molecule has 2 saturated carbocycles. The molecular weight excluding hydrogens is 367 g/mol. The van der Waals surface area contributed by atoms with Crippen molar-refractivity contribution in [1.82, 2.24) is 0 Å². The van der Waals surface area contributed by atoms with Gasteiger partial charge in [0.15, 0.2) is 0 Å². The zero-order valence-electron chi connectivity index (χ0n) is 17.2. The van der Waals surface area contributed by atoms with Gasteiger partial charge in [-0.15, -0.1) is 0 Å². The van der Waals surface area contributed by atoms with Crippen molar-refractivity contribution in [3.05, 3.63) is 53.4 Å². The van der Waals surface area contributed by atoms with Gasteiger partial charge in [-0.3, -0.25) is 9.59 Å². The number of hydrogen-bond acceptors (Lipinski definition) is 3. The number of rotatable bonds is 1. The summed E-state index contributed by atoms with van der Waals surface area (Å²) >= 11 is 0. The van der Waals surface area contributed by atoms with Crippen molar-refractivity contribution in [2.45, 2.75) is 52.6 Å². The highest BCUT2D eigenvalue weighted by Crippen LogP contribution is 2.69. The van der Waals surface area contributed by atoms with Crippen LogP contribution in [0.2, 0.25) is 0 Å². The van der Waals surface area contributed by atoms with E-state index in [4.69, 9.17) is 0 Å². The van der Waals surface area contributed by atoms with Crippen molar-refractivity contribution >= 4 is 17.1 Å². The van der Waals surface area contributed by atoms with Gasteiger partial charge in [0.2, 0.25) is 11.6 Å². The van der Waals surface area contributed by atoms with E-state index in [1.807, 2.05) is 12.2 Å². The molecule has 0 heterocycles. The first kappa shape index (κ1) is 18.9. The van der Waals surface area contributed by atoms with E-state index < -0.39 is 11.3 Å². The van der Waals surface area contributed by atoms with Gasteiger partial charge < -0.3 is 5.11 Å². The summed E-state index contributed by atoms with van der Waals surface area (Å²) in [7, 11) is 0. The summed E-state index contributed by atoms with van der Waals surface area (Å²) in [5, 5.41) is 10.7. The van der Waals surface area contributed by atoms with Gasteiger partial charge in [-0.1, -0.05) is 45.1 Å². The number of benzene rings is 1. The third kappa shape index (κ3) is 2.21. The Morgan fingerprint density at radius 3 is 2.38 bits per heavy atom. The minimum atomic E-state index is -0.937. The van der Waals surface area contributed by atoms with Gasteiger partial charge in [0.05, 0.1) is 17.4 Å². The summed E-state index contributed by atoms with van der Waals surface area (Å²) in [5.41, 5.74) is 1.33. The molecule has 0 aliphatic heterocycles. The summed E-state index contributed by atoms with van der Waals surface area (Å²) in [6.45, 7) is 6.48. The van der Waals surface area contributed by atoms with Crippen LogP contribution in [0.1, 0.15) is 52.0 Å². The second kappa shape index (κ2) is 5.75. The first-order valence-corrected chi connectivity index (χ1v) is 10.6. The molecule has 2 bridgehead atoms. The minimum absolute atomic E-state index is 0.241. The molecule has 0 unspecified atom stereocenters. The third-order valence-electron chi connectivity index (χ3n) is 8.57. The van der Waals surface area contributed by atoms with Gasteiger partial charge >= 0.3 is 0 Å². The topological polar surface area (TPSA) is 54.4 Å². The first-order valence-electron chi connectivity index (χ1n) is 10.6. The van der Waals surface area contributed by atoms with E-state index in [0.29, 0.717) is 12.8 Å². The number of ketones is 2. The Kier molecular flexibility index (Phi) is 3.75. The number of aliphatic hydroxyl groups is 1. The quantitative estimate of drug-likeness (QED) is 0.564. The normalized spacial score (nSPS) is 40.1. The Labute approximate surface area is 170 Å². The monoisotopic (exact) mass is 394 g/mol. The molecule has 5 aliphatic carbocycles. The van der Waals surface area contributed by atoms with Crippen LogP contribution in [0.3, 0.4) is 0 Å². The third-order valence-corrected chi connectivity index (χ3v) is 8.57. The highest BCUT2D eigenvalue weighted by Gasteiger charge is 2.66. The number of aliphatic hydroxyl groups excluding tert-OH is 1. The molecule has 0 saturated heterocycles. The summed E-state index contributed by atoms with van der Waals surface area (Å²) < 4.78 is 13.5. The number of allylic oxidation sites excluding steroid dienone is 4. The van der Waals surface area contributed by atoms with Crippen molar-refractivity contribution in [3.63, 3.8) is 0 Å². The van der Waals surface area contributed by atoms with Crippen molar-refractivity contribution in [3.8, 4) is 0 Å². The molecule has 1 aromatic carbocycles. The Balaban J connectivity index is 1.70. The molecule has 5 aliphatic rings. The van der Waals surface area contributed by atoms with Crippen LogP contribution in [0.15, 0.2) is 42.0 Å². The number of halogens is 1. The molecule has 29 heavy (non-hydrogen) atoms. The molecule has 1 N–H and O–H groups in total. The van der Waals surface area contributed by atoms with E-state index in [2.05, 4.69) is 20.8 Å². The second-order valence-corrected chi connectivity index (χ2v) is 10.2. The highest BCUT2D eigenvalue weighted by molar-refractivity contribution is 6.46. The van der Waals surface area contributed by atoms with E-state index >= 15 is 0 Å². The molecule has 5 atom stereocenters. The lowest BCUT2D eigenvalue weighted by Gasteiger charge is -2.63. The van der Waals surface area contributed by atoms with Crippen LogP contribution >= 0.6 is 0 Å². The van der Waals surface area contributed by atoms with Crippen molar-refractivity contribution in [2.24, 2.45) is 28.1 Å². The summed E-state index contributed by atoms with van der Waals surface area (Å²) in [6.07, 6.45) is 6.44. The molecule has 1 spiro atoms. The molecule has 3 nitrogen and oxygen atoms in total. The molecule has 4 heteroatoms. The Bertz CT molecular complexity index is 986. The Morgan fingerprint density at radius 1 is 1.00 bits per heavy atom. The number of carbonyl (C=O) groups is 2. The van der Waals surface area contributed by atoms with Gasteiger partial charge in [0.25, 0.3) is 0 Å². The number of Topliss-reactive ketones (excluding diaryl/α,β-unsaturated/α-hetero) is 2. The van der Waals surface area contributed by atoms with Gasteiger partial charge in [-0.05, 0) is 71.3 Å². The molecule has 6 rings (SSSR count). The molecule has 2 fully saturated rings.